The standard InChI is InChI=1S/C37H42BrN3O4S/c1-26(2)23-39-37(43)35(22-30-11-7-6-8-12-30)40(24-31-16-18-32(38)19-17-31)36(42)25-41(34-13-9-10-28(4)29(34)5)46(44,45)33-20-14-27(3)15-21-33/h6-21,26,35H,22-25H2,1-5H3,(H,39,43). The quantitative estimate of drug-likeness (QED) is 0.163. The fourth-order valence-electron chi connectivity index (χ4n) is 5.12. The fraction of sp³-hybridized carbons (Fsp3) is 0.297. The SMILES string of the molecule is Cc1ccc(S(=O)(=O)N(CC(=O)N(Cc2ccc(Br)cc2)C(Cc2ccccc2)C(=O)NCC(C)C)c2cccc(C)c2C)cc1. The van der Waals surface area contributed by atoms with E-state index in [1.807, 2.05) is 95.3 Å². The molecular weight excluding hydrogens is 662 g/mol. The van der Waals surface area contributed by atoms with E-state index in [1.165, 1.54) is 9.21 Å². The zero-order valence-corrected chi connectivity index (χ0v) is 29.4. The van der Waals surface area contributed by atoms with E-state index in [9.17, 15) is 18.0 Å². The molecule has 4 rings (SSSR count). The summed E-state index contributed by atoms with van der Waals surface area (Å²) in [6.07, 6.45) is 0.265. The van der Waals surface area contributed by atoms with Crippen LogP contribution >= 0.6 is 15.9 Å². The van der Waals surface area contributed by atoms with Crippen LogP contribution in [0.3, 0.4) is 0 Å². The normalized spacial score (nSPS) is 12.1. The molecule has 4 aromatic rings. The van der Waals surface area contributed by atoms with Gasteiger partial charge in [0.2, 0.25) is 11.8 Å². The average molecular weight is 705 g/mol. The molecule has 0 spiro atoms. The van der Waals surface area contributed by atoms with E-state index >= 15 is 0 Å². The first-order chi connectivity index (χ1) is 21.9. The molecule has 2 amide bonds. The Kier molecular flexibility index (Phi) is 11.8. The van der Waals surface area contributed by atoms with Crippen LogP contribution in [0.1, 0.15) is 41.7 Å². The Morgan fingerprint density at radius 1 is 0.804 bits per heavy atom. The first-order valence-electron chi connectivity index (χ1n) is 15.4. The van der Waals surface area contributed by atoms with Gasteiger partial charge in [0, 0.05) is 24.0 Å². The smallest absolute Gasteiger partial charge is 0.264 e. The van der Waals surface area contributed by atoms with E-state index in [1.54, 1.807) is 36.4 Å². The molecule has 1 N–H and O–H groups in total. The molecule has 242 valence electrons. The van der Waals surface area contributed by atoms with Crippen LogP contribution in [-0.2, 0) is 32.6 Å². The number of benzene rings is 4. The average Bonchev–Trinajstić information content (AvgIpc) is 3.03. The third-order valence-electron chi connectivity index (χ3n) is 7.95. The highest BCUT2D eigenvalue weighted by molar-refractivity contribution is 9.10. The van der Waals surface area contributed by atoms with Gasteiger partial charge in [0.05, 0.1) is 10.6 Å². The summed E-state index contributed by atoms with van der Waals surface area (Å²) in [6, 6.07) is 28.2. The number of carbonyl (C=O) groups is 2. The number of halogens is 1. The van der Waals surface area contributed by atoms with Gasteiger partial charge in [0.1, 0.15) is 12.6 Å². The van der Waals surface area contributed by atoms with Gasteiger partial charge in [-0.1, -0.05) is 102 Å². The van der Waals surface area contributed by atoms with Crippen LogP contribution in [0.5, 0.6) is 0 Å². The lowest BCUT2D eigenvalue weighted by molar-refractivity contribution is -0.140. The van der Waals surface area contributed by atoms with E-state index in [0.29, 0.717) is 12.2 Å². The maximum absolute atomic E-state index is 14.6. The molecule has 0 bridgehead atoms. The van der Waals surface area contributed by atoms with Crippen molar-refractivity contribution >= 4 is 43.5 Å². The maximum atomic E-state index is 14.6. The second-order valence-corrected chi connectivity index (χ2v) is 14.8. The van der Waals surface area contributed by atoms with Crippen molar-refractivity contribution in [1.29, 1.82) is 0 Å². The number of carbonyl (C=O) groups excluding carboxylic acids is 2. The van der Waals surface area contributed by atoms with Crippen molar-refractivity contribution < 1.29 is 18.0 Å². The van der Waals surface area contributed by atoms with Gasteiger partial charge in [-0.05, 0) is 79.3 Å². The van der Waals surface area contributed by atoms with Crippen molar-refractivity contribution in [3.8, 4) is 0 Å². The van der Waals surface area contributed by atoms with Crippen LogP contribution in [0, 0.1) is 26.7 Å². The summed E-state index contributed by atoms with van der Waals surface area (Å²) in [5, 5.41) is 3.02. The highest BCUT2D eigenvalue weighted by atomic mass is 79.9. The largest absolute Gasteiger partial charge is 0.354 e. The highest BCUT2D eigenvalue weighted by Crippen LogP contribution is 2.29. The maximum Gasteiger partial charge on any atom is 0.264 e. The highest BCUT2D eigenvalue weighted by Gasteiger charge is 2.35. The minimum absolute atomic E-state index is 0.0850. The van der Waals surface area contributed by atoms with Gasteiger partial charge in [-0.2, -0.15) is 0 Å². The minimum Gasteiger partial charge on any atom is -0.354 e. The Hall–Kier alpha value is -3.95. The number of nitrogens with one attached hydrogen (secondary N) is 1. The van der Waals surface area contributed by atoms with Gasteiger partial charge in [-0.3, -0.25) is 13.9 Å². The van der Waals surface area contributed by atoms with Crippen LogP contribution in [0.15, 0.2) is 106 Å². The fourth-order valence-corrected chi connectivity index (χ4v) is 6.86. The molecular formula is C37H42BrN3O4S. The Bertz CT molecular complexity index is 1740. The predicted octanol–water partition coefficient (Wildman–Crippen LogP) is 6.98. The molecule has 0 aliphatic rings. The van der Waals surface area contributed by atoms with Crippen molar-refractivity contribution in [2.75, 3.05) is 17.4 Å². The van der Waals surface area contributed by atoms with Crippen molar-refractivity contribution in [1.82, 2.24) is 10.2 Å². The summed E-state index contributed by atoms with van der Waals surface area (Å²) >= 11 is 3.47. The number of amides is 2. The van der Waals surface area contributed by atoms with Gasteiger partial charge in [-0.25, -0.2) is 8.42 Å². The number of sulfonamides is 1. The van der Waals surface area contributed by atoms with E-state index in [0.717, 1.165) is 32.3 Å². The van der Waals surface area contributed by atoms with Crippen LogP contribution in [-0.4, -0.2) is 44.3 Å². The number of rotatable bonds is 13. The number of hydrogen-bond donors (Lipinski definition) is 1. The molecule has 4 aromatic carbocycles. The van der Waals surface area contributed by atoms with Gasteiger partial charge in [0.15, 0.2) is 0 Å². The molecule has 0 aromatic heterocycles. The first kappa shape index (κ1) is 34.9. The molecule has 0 radical (unpaired) electrons. The second-order valence-electron chi connectivity index (χ2n) is 12.0. The zero-order chi connectivity index (χ0) is 33.4. The van der Waals surface area contributed by atoms with E-state index in [4.69, 9.17) is 0 Å². The number of hydrogen-bond acceptors (Lipinski definition) is 4. The molecule has 0 aliphatic carbocycles. The Labute approximate surface area is 281 Å². The lowest BCUT2D eigenvalue weighted by atomic mass is 10.0. The molecule has 0 aliphatic heterocycles. The van der Waals surface area contributed by atoms with Crippen molar-refractivity contribution in [2.45, 2.75) is 58.5 Å². The predicted molar refractivity (Wildman–Crippen MR) is 188 cm³/mol. The van der Waals surface area contributed by atoms with E-state index in [-0.39, 0.29) is 29.7 Å². The monoisotopic (exact) mass is 703 g/mol. The first-order valence-corrected chi connectivity index (χ1v) is 17.6. The van der Waals surface area contributed by atoms with Gasteiger partial charge in [-0.15, -0.1) is 0 Å². The summed E-state index contributed by atoms with van der Waals surface area (Å²) in [5.74, 6) is -0.570. The molecule has 0 heterocycles. The summed E-state index contributed by atoms with van der Waals surface area (Å²) in [7, 11) is -4.16. The lowest BCUT2D eigenvalue weighted by Crippen LogP contribution is -2.53. The molecule has 46 heavy (non-hydrogen) atoms. The number of aryl methyl sites for hydroxylation is 2. The van der Waals surface area contributed by atoms with Crippen LogP contribution < -0.4 is 9.62 Å². The van der Waals surface area contributed by atoms with Crippen LogP contribution in [0.2, 0.25) is 0 Å². The molecule has 1 atom stereocenters. The Morgan fingerprint density at radius 3 is 2.09 bits per heavy atom. The lowest BCUT2D eigenvalue weighted by Gasteiger charge is -2.34. The summed E-state index contributed by atoms with van der Waals surface area (Å²) in [5.41, 5.74) is 4.69. The van der Waals surface area contributed by atoms with Crippen molar-refractivity contribution in [3.63, 3.8) is 0 Å². The zero-order valence-electron chi connectivity index (χ0n) is 27.0. The molecule has 9 heteroatoms. The minimum atomic E-state index is -4.16. The molecule has 7 nitrogen and oxygen atoms in total. The van der Waals surface area contributed by atoms with Gasteiger partial charge in [0.25, 0.3) is 10.0 Å². The third kappa shape index (κ3) is 8.85. The molecule has 0 saturated heterocycles. The number of nitrogens with zero attached hydrogens (tertiary/aromatic N) is 2. The molecule has 0 saturated carbocycles. The summed E-state index contributed by atoms with van der Waals surface area (Å²) in [4.78, 5) is 30.1. The second kappa shape index (κ2) is 15.6. The van der Waals surface area contributed by atoms with Crippen molar-refractivity contribution in [2.24, 2.45) is 5.92 Å². The summed E-state index contributed by atoms with van der Waals surface area (Å²) < 4.78 is 30.7. The third-order valence-corrected chi connectivity index (χ3v) is 10.3. The summed E-state index contributed by atoms with van der Waals surface area (Å²) in [6.45, 7) is 9.74. The molecule has 1 unspecified atom stereocenters. The van der Waals surface area contributed by atoms with Gasteiger partial charge >= 0.3 is 0 Å². The van der Waals surface area contributed by atoms with Gasteiger partial charge < -0.3 is 10.2 Å². The van der Waals surface area contributed by atoms with Crippen LogP contribution in [0.25, 0.3) is 0 Å². The topological polar surface area (TPSA) is 86.8 Å². The Balaban J connectivity index is 1.82. The number of anilines is 1. The van der Waals surface area contributed by atoms with E-state index < -0.39 is 28.5 Å². The molecule has 0 fully saturated rings. The Morgan fingerprint density at radius 2 is 1.46 bits per heavy atom. The van der Waals surface area contributed by atoms with E-state index in [2.05, 4.69) is 21.2 Å². The van der Waals surface area contributed by atoms with Crippen LogP contribution in [0.4, 0.5) is 5.69 Å². The van der Waals surface area contributed by atoms with Crippen molar-refractivity contribution in [3.05, 3.63) is 129 Å².